The summed E-state index contributed by atoms with van der Waals surface area (Å²) in [7, 11) is -3.08. The van der Waals surface area contributed by atoms with Crippen molar-refractivity contribution >= 4 is 26.0 Å². The van der Waals surface area contributed by atoms with Crippen molar-refractivity contribution in [1.29, 1.82) is 0 Å². The van der Waals surface area contributed by atoms with E-state index in [1.807, 2.05) is 0 Å². The van der Waals surface area contributed by atoms with Crippen molar-refractivity contribution in [3.63, 3.8) is 0 Å². The lowest BCUT2D eigenvalue weighted by Gasteiger charge is -2.30. The first kappa shape index (κ1) is 15.9. The molecule has 1 aliphatic rings. The lowest BCUT2D eigenvalue weighted by atomic mass is 10.1. The molecule has 4 nitrogen and oxygen atoms in total. The number of benzene rings is 1. The number of hydrogen-bond acceptors (Lipinski definition) is 3. The second-order valence-corrected chi connectivity index (χ2v) is 7.89. The Balaban J connectivity index is 1.86. The van der Waals surface area contributed by atoms with Gasteiger partial charge in [-0.15, -0.1) is 0 Å². The highest BCUT2D eigenvalue weighted by Crippen LogP contribution is 2.19. The van der Waals surface area contributed by atoms with Gasteiger partial charge in [-0.2, -0.15) is 0 Å². The SMILES string of the molecule is CS(=O)(=O)N1CCC(NCc2cc(F)ccc2Br)CC1. The Labute approximate surface area is 127 Å². The molecule has 1 saturated heterocycles. The van der Waals surface area contributed by atoms with Crippen LogP contribution in [0, 0.1) is 5.82 Å². The summed E-state index contributed by atoms with van der Waals surface area (Å²) >= 11 is 3.40. The molecule has 0 radical (unpaired) electrons. The van der Waals surface area contributed by atoms with Crippen LogP contribution < -0.4 is 5.32 Å². The molecule has 0 aromatic heterocycles. The van der Waals surface area contributed by atoms with Gasteiger partial charge in [-0.3, -0.25) is 0 Å². The van der Waals surface area contributed by atoms with Crippen molar-refractivity contribution in [3.05, 3.63) is 34.1 Å². The third-order valence-electron chi connectivity index (χ3n) is 3.51. The summed E-state index contributed by atoms with van der Waals surface area (Å²) < 4.78 is 38.4. The molecule has 1 aliphatic heterocycles. The number of nitrogens with zero attached hydrogens (tertiary/aromatic N) is 1. The van der Waals surface area contributed by atoms with Crippen molar-refractivity contribution in [2.75, 3.05) is 19.3 Å². The Hall–Kier alpha value is -0.500. The molecule has 1 aromatic rings. The van der Waals surface area contributed by atoms with Gasteiger partial charge in [0.25, 0.3) is 0 Å². The minimum Gasteiger partial charge on any atom is -0.310 e. The van der Waals surface area contributed by atoms with E-state index in [4.69, 9.17) is 0 Å². The number of nitrogens with one attached hydrogen (secondary N) is 1. The Morgan fingerprint density at radius 2 is 2.05 bits per heavy atom. The fraction of sp³-hybridized carbons (Fsp3) is 0.538. The van der Waals surface area contributed by atoms with Gasteiger partial charge in [-0.1, -0.05) is 15.9 Å². The minimum absolute atomic E-state index is 0.253. The predicted molar refractivity (Wildman–Crippen MR) is 80.4 cm³/mol. The molecule has 7 heteroatoms. The molecule has 2 rings (SSSR count). The van der Waals surface area contributed by atoms with Crippen molar-refractivity contribution in [2.45, 2.75) is 25.4 Å². The first-order valence-electron chi connectivity index (χ1n) is 6.48. The Kier molecular flexibility index (Phi) is 5.17. The van der Waals surface area contributed by atoms with E-state index in [0.717, 1.165) is 22.9 Å². The van der Waals surface area contributed by atoms with E-state index < -0.39 is 10.0 Å². The van der Waals surface area contributed by atoms with Gasteiger partial charge in [0.15, 0.2) is 0 Å². The molecule has 0 saturated carbocycles. The molecule has 0 bridgehead atoms. The fourth-order valence-corrected chi connectivity index (χ4v) is 3.59. The van der Waals surface area contributed by atoms with E-state index in [0.29, 0.717) is 19.6 Å². The fourth-order valence-electron chi connectivity index (χ4n) is 2.32. The van der Waals surface area contributed by atoms with E-state index >= 15 is 0 Å². The summed E-state index contributed by atoms with van der Waals surface area (Å²) in [6.07, 6.45) is 2.80. The molecule has 20 heavy (non-hydrogen) atoms. The van der Waals surface area contributed by atoms with Crippen molar-refractivity contribution in [1.82, 2.24) is 9.62 Å². The third kappa shape index (κ3) is 4.25. The van der Waals surface area contributed by atoms with Crippen LogP contribution in [0.3, 0.4) is 0 Å². The average molecular weight is 365 g/mol. The molecule has 0 atom stereocenters. The molecular weight excluding hydrogens is 347 g/mol. The maximum Gasteiger partial charge on any atom is 0.211 e. The zero-order valence-electron chi connectivity index (χ0n) is 11.3. The van der Waals surface area contributed by atoms with Gasteiger partial charge in [-0.25, -0.2) is 17.1 Å². The van der Waals surface area contributed by atoms with Crippen molar-refractivity contribution in [2.24, 2.45) is 0 Å². The summed E-state index contributed by atoms with van der Waals surface area (Å²) in [6.45, 7) is 1.66. The molecule has 1 aromatic carbocycles. The van der Waals surface area contributed by atoms with Crippen LogP contribution in [0.2, 0.25) is 0 Å². The van der Waals surface area contributed by atoms with Gasteiger partial charge in [0.1, 0.15) is 5.82 Å². The van der Waals surface area contributed by atoms with Crippen LogP contribution in [0.5, 0.6) is 0 Å². The number of halogens is 2. The topological polar surface area (TPSA) is 49.4 Å². The van der Waals surface area contributed by atoms with Gasteiger partial charge in [0.05, 0.1) is 6.26 Å². The van der Waals surface area contributed by atoms with Gasteiger partial charge in [-0.05, 0) is 36.6 Å². The zero-order chi connectivity index (χ0) is 14.8. The van der Waals surface area contributed by atoms with Gasteiger partial charge in [0, 0.05) is 30.1 Å². The van der Waals surface area contributed by atoms with Crippen molar-refractivity contribution < 1.29 is 12.8 Å². The maximum atomic E-state index is 13.2. The largest absolute Gasteiger partial charge is 0.310 e. The molecule has 0 amide bonds. The first-order valence-corrected chi connectivity index (χ1v) is 9.13. The summed E-state index contributed by atoms with van der Waals surface area (Å²) in [6, 6.07) is 4.88. The van der Waals surface area contributed by atoms with E-state index in [1.165, 1.54) is 22.7 Å². The lowest BCUT2D eigenvalue weighted by molar-refractivity contribution is 0.290. The smallest absolute Gasteiger partial charge is 0.211 e. The number of rotatable bonds is 4. The molecule has 0 spiro atoms. The standard InChI is InChI=1S/C13H18BrFN2O2S/c1-20(18,19)17-6-4-12(5-7-17)16-9-10-8-11(15)2-3-13(10)14/h2-3,8,12,16H,4-7,9H2,1H3. The van der Waals surface area contributed by atoms with E-state index in [1.54, 1.807) is 6.07 Å². The van der Waals surface area contributed by atoms with Crippen LogP contribution in [0.1, 0.15) is 18.4 Å². The summed E-state index contributed by atoms with van der Waals surface area (Å²) in [5, 5.41) is 3.36. The highest BCUT2D eigenvalue weighted by molar-refractivity contribution is 9.10. The summed E-state index contributed by atoms with van der Waals surface area (Å²) in [4.78, 5) is 0. The van der Waals surface area contributed by atoms with Crippen LogP contribution in [0.4, 0.5) is 4.39 Å². The van der Waals surface area contributed by atoms with Crippen LogP contribution >= 0.6 is 15.9 Å². The molecule has 1 N–H and O–H groups in total. The summed E-state index contributed by atoms with van der Waals surface area (Å²) in [5.41, 5.74) is 0.871. The first-order chi connectivity index (χ1) is 9.36. The lowest BCUT2D eigenvalue weighted by Crippen LogP contribution is -2.44. The number of sulfonamides is 1. The molecule has 1 fully saturated rings. The Morgan fingerprint density at radius 3 is 2.65 bits per heavy atom. The predicted octanol–water partition coefficient (Wildman–Crippen LogP) is 2.10. The van der Waals surface area contributed by atoms with Crippen LogP contribution in [0.15, 0.2) is 22.7 Å². The zero-order valence-corrected chi connectivity index (χ0v) is 13.7. The average Bonchev–Trinajstić information content (AvgIpc) is 2.39. The van der Waals surface area contributed by atoms with E-state index in [9.17, 15) is 12.8 Å². The minimum atomic E-state index is -3.08. The van der Waals surface area contributed by atoms with Crippen LogP contribution in [-0.2, 0) is 16.6 Å². The number of hydrogen-bond donors (Lipinski definition) is 1. The van der Waals surface area contributed by atoms with E-state index in [2.05, 4.69) is 21.2 Å². The Morgan fingerprint density at radius 1 is 1.40 bits per heavy atom. The summed E-state index contributed by atoms with van der Waals surface area (Å²) in [5.74, 6) is -0.253. The molecular formula is C13H18BrFN2O2S. The van der Waals surface area contributed by atoms with Crippen LogP contribution in [-0.4, -0.2) is 38.1 Å². The molecule has 0 unspecified atom stereocenters. The normalized spacial score (nSPS) is 18.4. The second-order valence-electron chi connectivity index (χ2n) is 5.05. The third-order valence-corrected chi connectivity index (χ3v) is 5.59. The Bertz CT molecular complexity index is 572. The monoisotopic (exact) mass is 364 g/mol. The molecule has 112 valence electrons. The van der Waals surface area contributed by atoms with Crippen molar-refractivity contribution in [3.8, 4) is 0 Å². The van der Waals surface area contributed by atoms with Gasteiger partial charge < -0.3 is 5.32 Å². The van der Waals surface area contributed by atoms with Gasteiger partial charge in [0.2, 0.25) is 10.0 Å². The maximum absolute atomic E-state index is 13.2. The molecule has 0 aliphatic carbocycles. The highest BCUT2D eigenvalue weighted by Gasteiger charge is 2.24. The highest BCUT2D eigenvalue weighted by atomic mass is 79.9. The van der Waals surface area contributed by atoms with E-state index in [-0.39, 0.29) is 11.9 Å². The van der Waals surface area contributed by atoms with Crippen LogP contribution in [0.25, 0.3) is 0 Å². The second kappa shape index (κ2) is 6.51. The quantitative estimate of drug-likeness (QED) is 0.889. The molecule has 1 heterocycles. The van der Waals surface area contributed by atoms with Gasteiger partial charge >= 0.3 is 0 Å². The number of piperidine rings is 1.